The Balaban J connectivity index is 1.87. The number of nitrogens with one attached hydrogen (secondary N) is 2. The van der Waals surface area contributed by atoms with Gasteiger partial charge in [-0.25, -0.2) is 14.9 Å². The second-order valence-corrected chi connectivity index (χ2v) is 6.45. The van der Waals surface area contributed by atoms with E-state index in [1.807, 2.05) is 6.26 Å². The number of halogens is 1. The van der Waals surface area contributed by atoms with Crippen molar-refractivity contribution in [3.63, 3.8) is 0 Å². The topological polar surface area (TPSA) is 76.9 Å². The molecule has 0 saturated carbocycles. The number of amides is 1. The number of rotatable bonds is 9. The quantitative estimate of drug-likeness (QED) is 0.246. The third-order valence-corrected chi connectivity index (χ3v) is 4.57. The zero-order chi connectivity index (χ0) is 19.9. The lowest BCUT2D eigenvalue weighted by atomic mass is 10.2. The molecule has 0 aliphatic heterocycles. The first kappa shape index (κ1) is 19.7. The molecule has 146 valence electrons. The second-order valence-electron chi connectivity index (χ2n) is 5.57. The highest BCUT2D eigenvalue weighted by molar-refractivity contribution is 7.98. The lowest BCUT2D eigenvalue weighted by Gasteiger charge is -2.15. The fourth-order valence-electron chi connectivity index (χ4n) is 2.50. The van der Waals surface area contributed by atoms with Crippen LogP contribution in [-0.2, 0) is 9.57 Å². The Morgan fingerprint density at radius 3 is 2.96 bits per heavy atom. The van der Waals surface area contributed by atoms with E-state index in [2.05, 4.69) is 22.4 Å². The van der Waals surface area contributed by atoms with Crippen LogP contribution in [-0.4, -0.2) is 34.8 Å². The number of benzene rings is 1. The normalized spacial score (nSPS) is 10.6. The summed E-state index contributed by atoms with van der Waals surface area (Å²) in [5.74, 6) is -0.541. The van der Waals surface area contributed by atoms with Crippen molar-refractivity contribution < 1.29 is 18.8 Å². The summed E-state index contributed by atoms with van der Waals surface area (Å²) in [6.07, 6.45) is 6.35. The van der Waals surface area contributed by atoms with Gasteiger partial charge < -0.3 is 10.1 Å². The average molecular weight is 402 g/mol. The Morgan fingerprint density at radius 1 is 1.36 bits per heavy atom. The molecule has 2 N–H and O–H groups in total. The lowest BCUT2D eigenvalue weighted by molar-refractivity contribution is 0.0145. The number of fused-ring (bicyclic) bond motifs is 1. The number of hydrogen-bond acceptors (Lipinski definition) is 6. The monoisotopic (exact) mass is 402 g/mol. The summed E-state index contributed by atoms with van der Waals surface area (Å²) in [7, 11) is 0. The zero-order valence-electron chi connectivity index (χ0n) is 15.1. The van der Waals surface area contributed by atoms with Crippen LogP contribution in [0.25, 0.3) is 5.52 Å². The molecule has 0 unspecified atom stereocenters. The van der Waals surface area contributed by atoms with E-state index < -0.39 is 11.7 Å². The number of aromatic nitrogens is 2. The summed E-state index contributed by atoms with van der Waals surface area (Å²) in [5, 5.41) is 3.00. The Morgan fingerprint density at radius 2 is 2.21 bits per heavy atom. The highest BCUT2D eigenvalue weighted by atomic mass is 32.2. The Bertz CT molecular complexity index is 992. The van der Waals surface area contributed by atoms with Gasteiger partial charge in [-0.1, -0.05) is 6.58 Å². The van der Waals surface area contributed by atoms with Crippen molar-refractivity contribution in [2.75, 3.05) is 24.8 Å². The second kappa shape index (κ2) is 9.25. The average Bonchev–Trinajstić information content (AvgIpc) is 3.18. The molecule has 1 aromatic carbocycles. The van der Waals surface area contributed by atoms with E-state index in [-0.39, 0.29) is 24.5 Å². The van der Waals surface area contributed by atoms with Crippen molar-refractivity contribution in [1.82, 2.24) is 14.9 Å². The first-order valence-electron chi connectivity index (χ1n) is 8.34. The smallest absolute Gasteiger partial charge is 0.278 e. The third kappa shape index (κ3) is 4.44. The highest BCUT2D eigenvalue weighted by Crippen LogP contribution is 2.27. The summed E-state index contributed by atoms with van der Waals surface area (Å²) >= 11 is 1.44. The van der Waals surface area contributed by atoms with Gasteiger partial charge in [-0.15, -0.1) is 11.8 Å². The van der Waals surface area contributed by atoms with E-state index in [9.17, 15) is 9.18 Å². The fourth-order valence-corrected chi connectivity index (χ4v) is 2.93. The molecule has 0 saturated heterocycles. The van der Waals surface area contributed by atoms with Gasteiger partial charge in [0.2, 0.25) is 0 Å². The number of imidazole rings is 1. The number of anilines is 2. The molecule has 0 bridgehead atoms. The molecule has 0 fully saturated rings. The number of carbonyl (C=O) groups is 1. The molecule has 2 aromatic heterocycles. The molecular formula is C19H19FN4O3S. The van der Waals surface area contributed by atoms with E-state index in [1.54, 1.807) is 41.2 Å². The van der Waals surface area contributed by atoms with Gasteiger partial charge in [-0.3, -0.25) is 14.0 Å². The number of hydroxylamine groups is 1. The van der Waals surface area contributed by atoms with Gasteiger partial charge in [-0.05, 0) is 36.6 Å². The third-order valence-electron chi connectivity index (χ3n) is 3.84. The molecule has 7 nitrogen and oxygen atoms in total. The van der Waals surface area contributed by atoms with Crippen molar-refractivity contribution in [3.8, 4) is 0 Å². The maximum absolute atomic E-state index is 14.5. The number of carbonyl (C=O) groups excluding carboxylic acids is 1. The van der Waals surface area contributed by atoms with Gasteiger partial charge >= 0.3 is 0 Å². The maximum Gasteiger partial charge on any atom is 0.278 e. The Labute approximate surface area is 165 Å². The van der Waals surface area contributed by atoms with Crippen LogP contribution in [0.3, 0.4) is 0 Å². The van der Waals surface area contributed by atoms with Crippen molar-refractivity contribution in [1.29, 1.82) is 0 Å². The summed E-state index contributed by atoms with van der Waals surface area (Å²) < 4.78 is 21.0. The summed E-state index contributed by atoms with van der Waals surface area (Å²) in [5.41, 5.74) is 3.61. The van der Waals surface area contributed by atoms with Crippen molar-refractivity contribution in [3.05, 3.63) is 67.1 Å². The van der Waals surface area contributed by atoms with Crippen LogP contribution < -0.4 is 10.8 Å². The zero-order valence-corrected chi connectivity index (χ0v) is 16.0. The number of hydrogen-bond donors (Lipinski definition) is 2. The van der Waals surface area contributed by atoms with Crippen LogP contribution in [0.5, 0.6) is 0 Å². The largest absolute Gasteiger partial charge is 0.499 e. The molecular weight excluding hydrogens is 383 g/mol. The van der Waals surface area contributed by atoms with Crippen molar-refractivity contribution in [2.24, 2.45) is 0 Å². The number of thioether (sulfide) groups is 1. The molecule has 3 aromatic rings. The first-order valence-corrected chi connectivity index (χ1v) is 9.56. The molecule has 0 aliphatic carbocycles. The molecule has 9 heteroatoms. The van der Waals surface area contributed by atoms with Crippen molar-refractivity contribution >= 4 is 34.7 Å². The van der Waals surface area contributed by atoms with Crippen LogP contribution in [0.1, 0.15) is 10.4 Å². The minimum absolute atomic E-state index is 0.151. The molecule has 3 rings (SSSR count). The predicted molar refractivity (Wildman–Crippen MR) is 106 cm³/mol. The SMILES string of the molecule is C=COCCONC(=O)c1ccc2cncn2c1Nc1ccc(SC)cc1F. The standard InChI is InChI=1S/C19H19FN4O3S/c1-3-26-8-9-27-23-19(25)15-6-4-13-11-21-12-24(13)18(15)22-17-7-5-14(28-2)10-16(17)20/h3-7,10-12,22H,1,8-9H2,2H3,(H,23,25). The Kier molecular flexibility index (Phi) is 6.51. The van der Waals surface area contributed by atoms with E-state index in [0.717, 1.165) is 10.4 Å². The summed E-state index contributed by atoms with van der Waals surface area (Å²) in [6.45, 7) is 3.82. The van der Waals surface area contributed by atoms with Crippen LogP contribution in [0, 0.1) is 5.82 Å². The van der Waals surface area contributed by atoms with Crippen LogP contribution in [0.4, 0.5) is 15.9 Å². The van der Waals surface area contributed by atoms with Crippen LogP contribution >= 0.6 is 11.8 Å². The van der Waals surface area contributed by atoms with Gasteiger partial charge in [0, 0.05) is 4.90 Å². The van der Waals surface area contributed by atoms with E-state index in [4.69, 9.17) is 9.57 Å². The lowest BCUT2D eigenvalue weighted by Crippen LogP contribution is -2.26. The van der Waals surface area contributed by atoms with Gasteiger partial charge in [0.25, 0.3) is 5.91 Å². The minimum Gasteiger partial charge on any atom is -0.499 e. The van der Waals surface area contributed by atoms with Gasteiger partial charge in [-0.2, -0.15) is 0 Å². The van der Waals surface area contributed by atoms with Crippen LogP contribution in [0.15, 0.2) is 60.6 Å². The molecule has 28 heavy (non-hydrogen) atoms. The molecule has 0 aliphatic rings. The number of nitrogens with zero attached hydrogens (tertiary/aromatic N) is 2. The van der Waals surface area contributed by atoms with Crippen molar-refractivity contribution in [2.45, 2.75) is 4.90 Å². The Hall–Kier alpha value is -3.04. The highest BCUT2D eigenvalue weighted by Gasteiger charge is 2.17. The van der Waals surface area contributed by atoms with Gasteiger partial charge in [0.1, 0.15) is 31.2 Å². The summed E-state index contributed by atoms with van der Waals surface area (Å²) in [6, 6.07) is 8.21. The number of ether oxygens (including phenoxy) is 1. The molecule has 0 atom stereocenters. The molecule has 1 amide bonds. The van der Waals surface area contributed by atoms with Gasteiger partial charge in [0.05, 0.1) is 29.2 Å². The fraction of sp³-hybridized carbons (Fsp3) is 0.158. The minimum atomic E-state index is -0.488. The van der Waals surface area contributed by atoms with E-state index in [0.29, 0.717) is 5.82 Å². The molecule has 0 spiro atoms. The van der Waals surface area contributed by atoms with Gasteiger partial charge in [0.15, 0.2) is 0 Å². The maximum atomic E-state index is 14.5. The summed E-state index contributed by atoms with van der Waals surface area (Å²) in [4.78, 5) is 22.6. The first-order chi connectivity index (χ1) is 13.6. The predicted octanol–water partition coefficient (Wildman–Crippen LogP) is 3.76. The van der Waals surface area contributed by atoms with Crippen LogP contribution in [0.2, 0.25) is 0 Å². The van der Waals surface area contributed by atoms with E-state index in [1.165, 1.54) is 24.1 Å². The molecule has 0 radical (unpaired) electrons. The van der Waals surface area contributed by atoms with E-state index >= 15 is 0 Å². The molecule has 2 heterocycles. The number of pyridine rings is 1.